The fourth-order valence-corrected chi connectivity index (χ4v) is 0.823. The first-order valence-corrected chi connectivity index (χ1v) is 3.76. The summed E-state index contributed by atoms with van der Waals surface area (Å²) in [7, 11) is 0. The maximum atomic E-state index is 12.8. The van der Waals surface area contributed by atoms with Crippen molar-refractivity contribution in [1.82, 2.24) is 0 Å². The summed E-state index contributed by atoms with van der Waals surface area (Å²) in [6.07, 6.45) is -2.54. The van der Waals surface area contributed by atoms with Crippen LogP contribution in [-0.2, 0) is 0 Å². The van der Waals surface area contributed by atoms with Gasteiger partial charge in [-0.05, 0) is 18.6 Å². The third kappa shape index (κ3) is 2.97. The summed E-state index contributed by atoms with van der Waals surface area (Å²) in [5, 5.41) is 0. The van der Waals surface area contributed by atoms with Gasteiger partial charge in [-0.3, -0.25) is 0 Å². The molecule has 0 radical (unpaired) electrons. The van der Waals surface area contributed by atoms with Crippen LogP contribution in [0.5, 0.6) is 5.75 Å². The van der Waals surface area contributed by atoms with Crippen molar-refractivity contribution < 1.29 is 17.9 Å². The lowest BCUT2D eigenvalue weighted by Gasteiger charge is -2.05. The molecular formula is C9H9F3O. The van der Waals surface area contributed by atoms with Gasteiger partial charge in [-0.25, -0.2) is 13.2 Å². The van der Waals surface area contributed by atoms with Crippen molar-refractivity contribution >= 4 is 0 Å². The molecule has 0 spiro atoms. The number of aryl methyl sites for hydroxylation is 1. The van der Waals surface area contributed by atoms with E-state index in [4.69, 9.17) is 0 Å². The molecule has 1 rings (SSSR count). The molecule has 0 bridgehead atoms. The summed E-state index contributed by atoms with van der Waals surface area (Å²) in [4.78, 5) is 0. The average molecular weight is 190 g/mol. The normalized spacial score (nSPS) is 10.5. The minimum Gasteiger partial charge on any atom is -0.488 e. The number of hydrogen-bond donors (Lipinski definition) is 0. The number of benzene rings is 1. The second kappa shape index (κ2) is 4.16. The zero-order valence-corrected chi connectivity index (χ0v) is 7.06. The largest absolute Gasteiger partial charge is 0.488 e. The van der Waals surface area contributed by atoms with Crippen LogP contribution < -0.4 is 4.74 Å². The minimum absolute atomic E-state index is 0.128. The van der Waals surface area contributed by atoms with Crippen molar-refractivity contribution in [3.63, 3.8) is 0 Å². The highest BCUT2D eigenvalue weighted by atomic mass is 19.3. The van der Waals surface area contributed by atoms with E-state index in [-0.39, 0.29) is 5.75 Å². The quantitative estimate of drug-likeness (QED) is 0.712. The Bertz CT molecular complexity index is 286. The lowest BCUT2D eigenvalue weighted by atomic mass is 10.2. The van der Waals surface area contributed by atoms with Crippen molar-refractivity contribution in [3.8, 4) is 5.75 Å². The van der Waals surface area contributed by atoms with Crippen LogP contribution in [-0.4, -0.2) is 13.0 Å². The van der Waals surface area contributed by atoms with Gasteiger partial charge in [0.2, 0.25) is 0 Å². The molecule has 0 aliphatic rings. The Morgan fingerprint density at radius 1 is 1.38 bits per heavy atom. The molecule has 0 atom stereocenters. The standard InChI is InChI=1S/C9H9F3O/c1-6-2-3-7(4-8(6)10)13-5-9(11)12/h2-4,9H,5H2,1H3. The Kier molecular flexibility index (Phi) is 3.17. The van der Waals surface area contributed by atoms with E-state index in [9.17, 15) is 13.2 Å². The molecule has 0 fully saturated rings. The van der Waals surface area contributed by atoms with Crippen LogP contribution >= 0.6 is 0 Å². The van der Waals surface area contributed by atoms with E-state index < -0.39 is 18.8 Å². The number of rotatable bonds is 3. The predicted molar refractivity (Wildman–Crippen MR) is 42.6 cm³/mol. The first-order chi connectivity index (χ1) is 6.09. The Morgan fingerprint density at radius 2 is 2.08 bits per heavy atom. The Balaban J connectivity index is 2.63. The van der Waals surface area contributed by atoms with E-state index in [1.807, 2.05) is 0 Å². The van der Waals surface area contributed by atoms with Crippen molar-refractivity contribution in [2.24, 2.45) is 0 Å². The average Bonchev–Trinajstić information content (AvgIpc) is 2.07. The van der Waals surface area contributed by atoms with Crippen molar-refractivity contribution in [1.29, 1.82) is 0 Å². The Hall–Kier alpha value is -1.19. The molecule has 0 amide bonds. The monoisotopic (exact) mass is 190 g/mol. The van der Waals surface area contributed by atoms with E-state index in [1.54, 1.807) is 6.92 Å². The van der Waals surface area contributed by atoms with Gasteiger partial charge in [0.25, 0.3) is 6.43 Å². The van der Waals surface area contributed by atoms with Gasteiger partial charge in [-0.15, -0.1) is 0 Å². The number of alkyl halides is 2. The minimum atomic E-state index is -2.54. The van der Waals surface area contributed by atoms with Gasteiger partial charge in [-0.1, -0.05) is 6.07 Å². The maximum absolute atomic E-state index is 12.8. The highest BCUT2D eigenvalue weighted by Gasteiger charge is 2.04. The fraction of sp³-hybridized carbons (Fsp3) is 0.333. The highest BCUT2D eigenvalue weighted by Crippen LogP contribution is 2.16. The predicted octanol–water partition coefficient (Wildman–Crippen LogP) is 2.78. The van der Waals surface area contributed by atoms with Crippen LogP contribution in [0.4, 0.5) is 13.2 Å². The molecule has 0 saturated heterocycles. The van der Waals surface area contributed by atoms with Gasteiger partial charge in [0.05, 0.1) is 0 Å². The second-order valence-corrected chi connectivity index (χ2v) is 2.61. The lowest BCUT2D eigenvalue weighted by molar-refractivity contribution is 0.0817. The zero-order chi connectivity index (χ0) is 9.84. The Labute approximate surface area is 74.1 Å². The third-order valence-corrected chi connectivity index (χ3v) is 1.52. The third-order valence-electron chi connectivity index (χ3n) is 1.52. The van der Waals surface area contributed by atoms with E-state index >= 15 is 0 Å². The Morgan fingerprint density at radius 3 is 2.62 bits per heavy atom. The molecule has 0 N–H and O–H groups in total. The summed E-state index contributed by atoms with van der Waals surface area (Å²) < 4.78 is 40.8. The molecule has 1 nitrogen and oxygen atoms in total. The smallest absolute Gasteiger partial charge is 0.272 e. The van der Waals surface area contributed by atoms with Gasteiger partial charge in [0, 0.05) is 6.07 Å². The van der Waals surface area contributed by atoms with Crippen LogP contribution in [0.15, 0.2) is 18.2 Å². The van der Waals surface area contributed by atoms with Crippen molar-refractivity contribution in [2.75, 3.05) is 6.61 Å². The lowest BCUT2D eigenvalue weighted by Crippen LogP contribution is -2.07. The van der Waals surface area contributed by atoms with Crippen LogP contribution in [0.25, 0.3) is 0 Å². The molecule has 0 heterocycles. The molecule has 0 aliphatic carbocycles. The topological polar surface area (TPSA) is 9.23 Å². The van der Waals surface area contributed by atoms with Gasteiger partial charge < -0.3 is 4.74 Å². The molecular weight excluding hydrogens is 181 g/mol. The fourth-order valence-electron chi connectivity index (χ4n) is 0.823. The number of halogens is 3. The number of hydrogen-bond acceptors (Lipinski definition) is 1. The zero-order valence-electron chi connectivity index (χ0n) is 7.06. The van der Waals surface area contributed by atoms with Gasteiger partial charge >= 0.3 is 0 Å². The van der Waals surface area contributed by atoms with Crippen LogP contribution in [0.2, 0.25) is 0 Å². The van der Waals surface area contributed by atoms with Gasteiger partial charge in [0.1, 0.15) is 18.2 Å². The van der Waals surface area contributed by atoms with Crippen LogP contribution in [0, 0.1) is 12.7 Å². The summed E-state index contributed by atoms with van der Waals surface area (Å²) in [6.45, 7) is 0.884. The summed E-state index contributed by atoms with van der Waals surface area (Å²) in [6, 6.07) is 4.04. The summed E-state index contributed by atoms with van der Waals surface area (Å²) in [5.74, 6) is -0.324. The van der Waals surface area contributed by atoms with Crippen LogP contribution in [0.3, 0.4) is 0 Å². The molecule has 72 valence electrons. The second-order valence-electron chi connectivity index (χ2n) is 2.61. The molecule has 4 heteroatoms. The van der Waals surface area contributed by atoms with Crippen molar-refractivity contribution in [2.45, 2.75) is 13.3 Å². The first-order valence-electron chi connectivity index (χ1n) is 3.76. The molecule has 1 aromatic rings. The van der Waals surface area contributed by atoms with E-state index in [2.05, 4.69) is 4.74 Å². The summed E-state index contributed by atoms with van der Waals surface area (Å²) in [5.41, 5.74) is 0.462. The van der Waals surface area contributed by atoms with E-state index in [0.29, 0.717) is 5.56 Å². The number of ether oxygens (including phenoxy) is 1. The molecule has 1 aromatic carbocycles. The first kappa shape index (κ1) is 9.89. The summed E-state index contributed by atoms with van der Waals surface area (Å²) >= 11 is 0. The SMILES string of the molecule is Cc1ccc(OCC(F)F)cc1F. The van der Waals surface area contributed by atoms with Crippen molar-refractivity contribution in [3.05, 3.63) is 29.6 Å². The van der Waals surface area contributed by atoms with Crippen LogP contribution in [0.1, 0.15) is 5.56 Å². The maximum Gasteiger partial charge on any atom is 0.272 e. The molecule has 0 saturated carbocycles. The highest BCUT2D eigenvalue weighted by molar-refractivity contribution is 5.27. The molecule has 13 heavy (non-hydrogen) atoms. The molecule has 0 unspecified atom stereocenters. The van der Waals surface area contributed by atoms with E-state index in [1.165, 1.54) is 12.1 Å². The molecule has 0 aromatic heterocycles. The molecule has 0 aliphatic heterocycles. The van der Waals surface area contributed by atoms with Gasteiger partial charge in [0.15, 0.2) is 0 Å². The van der Waals surface area contributed by atoms with Gasteiger partial charge in [-0.2, -0.15) is 0 Å². The van der Waals surface area contributed by atoms with E-state index in [0.717, 1.165) is 6.07 Å².